The fourth-order valence-electron chi connectivity index (χ4n) is 3.87. The Labute approximate surface area is 212 Å². The second-order valence-electron chi connectivity index (χ2n) is 8.05. The van der Waals surface area contributed by atoms with E-state index in [9.17, 15) is 19.5 Å². The lowest BCUT2D eigenvalue weighted by atomic mass is 9.95. The van der Waals surface area contributed by atoms with Crippen LogP contribution in [0.5, 0.6) is 5.75 Å². The second kappa shape index (κ2) is 10.8. The van der Waals surface area contributed by atoms with E-state index in [4.69, 9.17) is 13.9 Å². The SMILES string of the molecule is CCCCOc1cccc(C2C(C(=O)c3ccco3)=C(O)C(=O)N2c2nc(C)c(C(=O)OCC)s2)c1. The van der Waals surface area contributed by atoms with Gasteiger partial charge in [0.25, 0.3) is 5.91 Å². The van der Waals surface area contributed by atoms with Gasteiger partial charge in [-0.2, -0.15) is 0 Å². The highest BCUT2D eigenvalue weighted by molar-refractivity contribution is 7.17. The van der Waals surface area contributed by atoms with Gasteiger partial charge in [0.05, 0.1) is 36.8 Å². The number of aliphatic hydroxyl groups excluding tert-OH is 1. The smallest absolute Gasteiger partial charge is 0.350 e. The zero-order valence-corrected chi connectivity index (χ0v) is 21.0. The number of ketones is 1. The van der Waals surface area contributed by atoms with E-state index in [2.05, 4.69) is 11.9 Å². The van der Waals surface area contributed by atoms with Gasteiger partial charge in [-0.1, -0.05) is 36.8 Å². The lowest BCUT2D eigenvalue weighted by Gasteiger charge is -2.24. The molecule has 0 spiro atoms. The number of amides is 1. The van der Waals surface area contributed by atoms with Gasteiger partial charge in [-0.15, -0.1) is 0 Å². The molecule has 1 aliphatic rings. The van der Waals surface area contributed by atoms with Gasteiger partial charge in [-0.05, 0) is 50.1 Å². The van der Waals surface area contributed by atoms with Crippen LogP contribution >= 0.6 is 11.3 Å². The van der Waals surface area contributed by atoms with Crippen molar-refractivity contribution in [1.82, 2.24) is 4.98 Å². The summed E-state index contributed by atoms with van der Waals surface area (Å²) < 4.78 is 16.2. The molecule has 3 heterocycles. The Balaban J connectivity index is 1.81. The first kappa shape index (κ1) is 25.2. The maximum atomic E-state index is 13.4. The first-order chi connectivity index (χ1) is 17.4. The monoisotopic (exact) mass is 510 g/mol. The molecule has 1 atom stereocenters. The summed E-state index contributed by atoms with van der Waals surface area (Å²) >= 11 is 0.957. The average molecular weight is 511 g/mol. The number of esters is 1. The van der Waals surface area contributed by atoms with Crippen molar-refractivity contribution in [3.05, 3.63) is 75.9 Å². The number of unbranched alkanes of at least 4 members (excludes halogenated alkanes) is 1. The quantitative estimate of drug-likeness (QED) is 0.225. The molecule has 0 aliphatic carbocycles. The Morgan fingerprint density at radius 1 is 1.22 bits per heavy atom. The third-order valence-corrected chi connectivity index (χ3v) is 6.73. The summed E-state index contributed by atoms with van der Waals surface area (Å²) in [5.74, 6) is -2.16. The van der Waals surface area contributed by atoms with E-state index in [0.717, 1.165) is 24.2 Å². The predicted molar refractivity (Wildman–Crippen MR) is 133 cm³/mol. The van der Waals surface area contributed by atoms with Gasteiger partial charge in [0.15, 0.2) is 16.7 Å². The minimum absolute atomic E-state index is 0.0194. The zero-order chi connectivity index (χ0) is 25.8. The molecule has 1 aliphatic heterocycles. The highest BCUT2D eigenvalue weighted by Gasteiger charge is 2.47. The highest BCUT2D eigenvalue weighted by atomic mass is 32.1. The second-order valence-corrected chi connectivity index (χ2v) is 9.03. The molecule has 10 heteroatoms. The van der Waals surface area contributed by atoms with Crippen LogP contribution in [-0.2, 0) is 9.53 Å². The Morgan fingerprint density at radius 3 is 2.72 bits per heavy atom. The fraction of sp³-hybridized carbons (Fsp3) is 0.308. The van der Waals surface area contributed by atoms with Crippen molar-refractivity contribution in [1.29, 1.82) is 0 Å². The Hall–Kier alpha value is -3.92. The standard InChI is InChI=1S/C26H26N2O7S/c1-4-6-12-34-17-10-7-9-16(14-17)20-19(21(29)18-11-8-13-35-18)22(30)24(31)28(20)26-27-15(3)23(36-26)25(32)33-5-2/h7-11,13-14,20,30H,4-6,12H2,1-3H3. The molecule has 0 fully saturated rings. The minimum Gasteiger partial charge on any atom is -0.503 e. The van der Waals surface area contributed by atoms with Gasteiger partial charge in [-0.25, -0.2) is 9.78 Å². The first-order valence-electron chi connectivity index (χ1n) is 11.6. The molecule has 0 bridgehead atoms. The first-order valence-corrected chi connectivity index (χ1v) is 12.4. The van der Waals surface area contributed by atoms with Crippen LogP contribution in [0.1, 0.15) is 64.2 Å². The predicted octanol–water partition coefficient (Wildman–Crippen LogP) is 5.18. The number of Topliss-reactive ketones (excluding diaryl/α,β-unsaturated/α-hetero) is 1. The number of rotatable bonds is 10. The maximum absolute atomic E-state index is 13.4. The molecule has 1 unspecified atom stereocenters. The van der Waals surface area contributed by atoms with E-state index in [1.807, 2.05) is 0 Å². The number of hydrogen-bond acceptors (Lipinski definition) is 9. The van der Waals surface area contributed by atoms with Crippen molar-refractivity contribution >= 4 is 34.1 Å². The van der Waals surface area contributed by atoms with Crippen LogP contribution in [0.3, 0.4) is 0 Å². The molecule has 188 valence electrons. The molecule has 1 N–H and O–H groups in total. The number of thiazole rings is 1. The topological polar surface area (TPSA) is 119 Å². The van der Waals surface area contributed by atoms with E-state index in [0.29, 0.717) is 23.6 Å². The molecule has 1 amide bonds. The zero-order valence-electron chi connectivity index (χ0n) is 20.1. The number of nitrogens with zero attached hydrogens (tertiary/aromatic N) is 2. The van der Waals surface area contributed by atoms with E-state index >= 15 is 0 Å². The lowest BCUT2D eigenvalue weighted by Crippen LogP contribution is -2.31. The average Bonchev–Trinajstić information content (AvgIpc) is 3.59. The van der Waals surface area contributed by atoms with Crippen LogP contribution in [0.4, 0.5) is 5.13 Å². The summed E-state index contributed by atoms with van der Waals surface area (Å²) in [6.45, 7) is 6.08. The summed E-state index contributed by atoms with van der Waals surface area (Å²) in [6, 6.07) is 8.98. The largest absolute Gasteiger partial charge is 0.503 e. The van der Waals surface area contributed by atoms with Gasteiger partial charge in [0, 0.05) is 0 Å². The number of benzene rings is 1. The highest BCUT2D eigenvalue weighted by Crippen LogP contribution is 2.44. The van der Waals surface area contributed by atoms with Crippen molar-refractivity contribution in [2.24, 2.45) is 0 Å². The number of carbonyl (C=O) groups excluding carboxylic acids is 3. The van der Waals surface area contributed by atoms with Gasteiger partial charge < -0.3 is 19.0 Å². The maximum Gasteiger partial charge on any atom is 0.350 e. The van der Waals surface area contributed by atoms with Crippen molar-refractivity contribution in [3.63, 3.8) is 0 Å². The number of aromatic nitrogens is 1. The summed E-state index contributed by atoms with van der Waals surface area (Å²) in [4.78, 5) is 45.0. The van der Waals surface area contributed by atoms with Crippen molar-refractivity contribution < 1.29 is 33.4 Å². The van der Waals surface area contributed by atoms with Crippen LogP contribution in [-0.4, -0.2) is 41.0 Å². The molecule has 2 aromatic heterocycles. The molecule has 9 nitrogen and oxygen atoms in total. The summed E-state index contributed by atoms with van der Waals surface area (Å²) in [7, 11) is 0. The number of carbonyl (C=O) groups is 3. The molecular formula is C26H26N2O7S. The minimum atomic E-state index is -1.02. The Bertz CT molecular complexity index is 1310. The number of aryl methyl sites for hydroxylation is 1. The van der Waals surface area contributed by atoms with Crippen molar-refractivity contribution in [3.8, 4) is 5.75 Å². The fourth-order valence-corrected chi connectivity index (χ4v) is 4.86. The Morgan fingerprint density at radius 2 is 2.03 bits per heavy atom. The van der Waals surface area contributed by atoms with E-state index in [-0.39, 0.29) is 27.9 Å². The lowest BCUT2D eigenvalue weighted by molar-refractivity contribution is -0.117. The van der Waals surface area contributed by atoms with E-state index in [1.54, 1.807) is 44.2 Å². The summed E-state index contributed by atoms with van der Waals surface area (Å²) in [6.07, 6.45) is 3.18. The van der Waals surface area contributed by atoms with Crippen molar-refractivity contribution in [2.75, 3.05) is 18.1 Å². The molecule has 4 rings (SSSR count). The molecule has 0 saturated heterocycles. The van der Waals surface area contributed by atoms with E-state index in [1.165, 1.54) is 17.2 Å². The third-order valence-electron chi connectivity index (χ3n) is 5.59. The molecule has 0 saturated carbocycles. The molecule has 36 heavy (non-hydrogen) atoms. The van der Waals surface area contributed by atoms with Crippen molar-refractivity contribution in [2.45, 2.75) is 39.7 Å². The third kappa shape index (κ3) is 4.76. The number of aliphatic hydroxyl groups is 1. The molecule has 1 aromatic carbocycles. The van der Waals surface area contributed by atoms with Crippen LogP contribution < -0.4 is 9.64 Å². The van der Waals surface area contributed by atoms with Crippen LogP contribution in [0, 0.1) is 6.92 Å². The van der Waals surface area contributed by atoms with Gasteiger partial charge in [0.1, 0.15) is 10.6 Å². The number of anilines is 1. The summed E-state index contributed by atoms with van der Waals surface area (Å²) in [5.41, 5.74) is 0.759. The number of ether oxygens (including phenoxy) is 2. The molecular weight excluding hydrogens is 484 g/mol. The molecule has 0 radical (unpaired) electrons. The van der Waals surface area contributed by atoms with Gasteiger partial charge in [0.2, 0.25) is 5.78 Å². The van der Waals surface area contributed by atoms with Crippen LogP contribution in [0.15, 0.2) is 58.4 Å². The molecule has 3 aromatic rings. The van der Waals surface area contributed by atoms with Gasteiger partial charge in [-0.3, -0.25) is 14.5 Å². The summed E-state index contributed by atoms with van der Waals surface area (Å²) in [5, 5.41) is 11.0. The van der Waals surface area contributed by atoms with Crippen LogP contribution in [0.25, 0.3) is 0 Å². The normalized spacial score (nSPS) is 15.5. The van der Waals surface area contributed by atoms with E-state index < -0.39 is 29.5 Å². The Kier molecular flexibility index (Phi) is 7.54. The van der Waals surface area contributed by atoms with Crippen LogP contribution in [0.2, 0.25) is 0 Å². The number of furan rings is 1. The van der Waals surface area contributed by atoms with Gasteiger partial charge >= 0.3 is 5.97 Å². The number of hydrogen-bond donors (Lipinski definition) is 1.